The van der Waals surface area contributed by atoms with Crippen molar-refractivity contribution in [3.05, 3.63) is 53.9 Å². The molecule has 0 saturated heterocycles. The highest BCUT2D eigenvalue weighted by molar-refractivity contribution is 7.21. The van der Waals surface area contributed by atoms with Crippen LogP contribution in [0, 0.1) is 6.92 Å². The molecule has 0 aliphatic carbocycles. The summed E-state index contributed by atoms with van der Waals surface area (Å²) in [6.07, 6.45) is 0.127. The zero-order chi connectivity index (χ0) is 18.1. The fourth-order valence-corrected chi connectivity index (χ4v) is 3.67. The molecule has 1 amide bonds. The summed E-state index contributed by atoms with van der Waals surface area (Å²) in [5.74, 6) is 0.356. The van der Waals surface area contributed by atoms with Gasteiger partial charge in [-0.2, -0.15) is 0 Å². The Kier molecular flexibility index (Phi) is 4.18. The van der Waals surface area contributed by atoms with E-state index in [1.54, 1.807) is 18.4 Å². The van der Waals surface area contributed by atoms with Gasteiger partial charge in [-0.1, -0.05) is 6.07 Å². The van der Waals surface area contributed by atoms with Crippen LogP contribution in [-0.2, 0) is 18.3 Å². The van der Waals surface area contributed by atoms with Gasteiger partial charge in [-0.05, 0) is 59.3 Å². The van der Waals surface area contributed by atoms with E-state index >= 15 is 0 Å². The van der Waals surface area contributed by atoms with Gasteiger partial charge in [-0.3, -0.25) is 4.79 Å². The molecule has 4 aromatic rings. The van der Waals surface area contributed by atoms with Crippen LogP contribution in [-0.4, -0.2) is 31.1 Å². The van der Waals surface area contributed by atoms with E-state index in [0.29, 0.717) is 5.82 Å². The number of thiazole rings is 1. The first-order chi connectivity index (χ1) is 12.6. The lowest BCUT2D eigenvalue weighted by atomic mass is 10.2. The van der Waals surface area contributed by atoms with Crippen LogP contribution >= 0.6 is 11.3 Å². The molecule has 0 radical (unpaired) electrons. The van der Waals surface area contributed by atoms with Crippen molar-refractivity contribution in [2.75, 3.05) is 5.32 Å². The molecule has 0 atom stereocenters. The van der Waals surface area contributed by atoms with E-state index < -0.39 is 0 Å². The summed E-state index contributed by atoms with van der Waals surface area (Å²) >= 11 is 1.67. The van der Waals surface area contributed by atoms with Gasteiger partial charge in [0, 0.05) is 18.3 Å². The predicted octanol–water partition coefficient (Wildman–Crippen LogP) is 2.98. The summed E-state index contributed by atoms with van der Waals surface area (Å²) in [5.41, 5.74) is 3.99. The number of fused-ring (bicyclic) bond motifs is 1. The van der Waals surface area contributed by atoms with Gasteiger partial charge in [0.2, 0.25) is 5.91 Å². The number of aromatic nitrogens is 5. The van der Waals surface area contributed by atoms with Crippen molar-refractivity contribution in [2.45, 2.75) is 13.3 Å². The van der Waals surface area contributed by atoms with Gasteiger partial charge in [0.05, 0.1) is 16.6 Å². The molecular formula is C18H16N6OS. The Morgan fingerprint density at radius 3 is 2.73 bits per heavy atom. The van der Waals surface area contributed by atoms with E-state index in [1.807, 2.05) is 30.3 Å². The van der Waals surface area contributed by atoms with Crippen LogP contribution < -0.4 is 5.32 Å². The third-order valence-corrected chi connectivity index (χ3v) is 5.05. The van der Waals surface area contributed by atoms with Crippen LogP contribution in [0.15, 0.2) is 42.5 Å². The van der Waals surface area contributed by atoms with Crippen molar-refractivity contribution in [3.63, 3.8) is 0 Å². The number of rotatable bonds is 4. The summed E-state index contributed by atoms with van der Waals surface area (Å²) in [4.78, 5) is 16.8. The lowest BCUT2D eigenvalue weighted by Crippen LogP contribution is -2.17. The topological polar surface area (TPSA) is 85.6 Å². The summed E-state index contributed by atoms with van der Waals surface area (Å²) in [6.45, 7) is 2.08. The maximum absolute atomic E-state index is 12.1. The Balaban J connectivity index is 1.49. The van der Waals surface area contributed by atoms with Crippen LogP contribution in [0.5, 0.6) is 0 Å². The number of anilines is 1. The molecule has 2 aromatic carbocycles. The summed E-state index contributed by atoms with van der Waals surface area (Å²) in [5, 5.41) is 14.9. The first kappa shape index (κ1) is 16.3. The SMILES string of the molecule is Cc1ccc2nc(-c3ccc(NC(=O)Cc4nnnn4C)cc3)sc2c1. The molecular weight excluding hydrogens is 348 g/mol. The van der Waals surface area contributed by atoms with Gasteiger partial charge >= 0.3 is 0 Å². The lowest BCUT2D eigenvalue weighted by Gasteiger charge is -2.05. The number of amides is 1. The van der Waals surface area contributed by atoms with Gasteiger partial charge in [-0.15, -0.1) is 16.4 Å². The average Bonchev–Trinajstić information content (AvgIpc) is 3.21. The highest BCUT2D eigenvalue weighted by Gasteiger charge is 2.10. The fraction of sp³-hybridized carbons (Fsp3) is 0.167. The average molecular weight is 364 g/mol. The van der Waals surface area contributed by atoms with Crippen LogP contribution in [0.4, 0.5) is 5.69 Å². The number of carbonyl (C=O) groups excluding carboxylic acids is 1. The first-order valence-electron chi connectivity index (χ1n) is 8.07. The van der Waals surface area contributed by atoms with E-state index in [2.05, 4.69) is 44.9 Å². The number of nitrogens with zero attached hydrogens (tertiary/aromatic N) is 5. The summed E-state index contributed by atoms with van der Waals surface area (Å²) < 4.78 is 2.66. The molecule has 0 aliphatic heterocycles. The van der Waals surface area contributed by atoms with E-state index in [0.717, 1.165) is 21.8 Å². The molecule has 0 unspecified atom stereocenters. The van der Waals surface area contributed by atoms with Crippen molar-refractivity contribution >= 4 is 33.1 Å². The van der Waals surface area contributed by atoms with Gasteiger partial charge in [0.1, 0.15) is 5.01 Å². The van der Waals surface area contributed by atoms with Gasteiger partial charge in [-0.25, -0.2) is 9.67 Å². The minimum Gasteiger partial charge on any atom is -0.326 e. The number of hydrogen-bond donors (Lipinski definition) is 1. The molecule has 2 heterocycles. The molecule has 2 aromatic heterocycles. The highest BCUT2D eigenvalue weighted by Crippen LogP contribution is 2.31. The van der Waals surface area contributed by atoms with Crippen molar-refractivity contribution in [1.82, 2.24) is 25.2 Å². The monoisotopic (exact) mass is 364 g/mol. The van der Waals surface area contributed by atoms with Crippen LogP contribution in [0.25, 0.3) is 20.8 Å². The molecule has 4 rings (SSSR count). The van der Waals surface area contributed by atoms with E-state index in [1.165, 1.54) is 14.9 Å². The molecule has 8 heteroatoms. The molecule has 0 fully saturated rings. The highest BCUT2D eigenvalue weighted by atomic mass is 32.1. The maximum Gasteiger partial charge on any atom is 0.232 e. The number of tetrazole rings is 1. The number of aryl methyl sites for hydroxylation is 2. The van der Waals surface area contributed by atoms with E-state index in [9.17, 15) is 4.79 Å². The number of hydrogen-bond acceptors (Lipinski definition) is 6. The zero-order valence-corrected chi connectivity index (χ0v) is 15.1. The number of nitrogens with one attached hydrogen (secondary N) is 1. The molecule has 7 nitrogen and oxygen atoms in total. The standard InChI is InChI=1S/C18H16N6OS/c1-11-3-8-14-15(9-11)26-18(20-14)12-4-6-13(7-5-12)19-17(25)10-16-21-22-23-24(16)2/h3-9H,10H2,1-2H3,(H,19,25). The van der Waals surface area contributed by atoms with Crippen molar-refractivity contribution in [3.8, 4) is 10.6 Å². The Labute approximate surface area is 153 Å². The van der Waals surface area contributed by atoms with Gasteiger partial charge in [0.15, 0.2) is 5.82 Å². The van der Waals surface area contributed by atoms with Crippen molar-refractivity contribution in [2.24, 2.45) is 7.05 Å². The quantitative estimate of drug-likeness (QED) is 0.602. The van der Waals surface area contributed by atoms with Crippen molar-refractivity contribution in [1.29, 1.82) is 0 Å². The normalized spacial score (nSPS) is 11.0. The molecule has 130 valence electrons. The second-order valence-corrected chi connectivity index (χ2v) is 7.04. The smallest absolute Gasteiger partial charge is 0.232 e. The lowest BCUT2D eigenvalue weighted by molar-refractivity contribution is -0.115. The Morgan fingerprint density at radius 2 is 2.00 bits per heavy atom. The second-order valence-electron chi connectivity index (χ2n) is 6.01. The minimum atomic E-state index is -0.161. The number of benzene rings is 2. The van der Waals surface area contributed by atoms with Crippen LogP contribution in [0.3, 0.4) is 0 Å². The summed E-state index contributed by atoms with van der Waals surface area (Å²) in [6, 6.07) is 13.9. The zero-order valence-electron chi connectivity index (χ0n) is 14.3. The Hall–Kier alpha value is -3.13. The van der Waals surface area contributed by atoms with Crippen molar-refractivity contribution < 1.29 is 4.79 Å². The second kappa shape index (κ2) is 6.64. The Bertz CT molecular complexity index is 1080. The molecule has 0 bridgehead atoms. The molecule has 1 N–H and O–H groups in total. The fourth-order valence-electron chi connectivity index (χ4n) is 2.60. The molecule has 0 aliphatic rings. The van der Waals surface area contributed by atoms with Gasteiger partial charge < -0.3 is 5.32 Å². The maximum atomic E-state index is 12.1. The van der Waals surface area contributed by atoms with E-state index in [4.69, 9.17) is 0 Å². The molecule has 0 saturated carbocycles. The predicted molar refractivity (Wildman–Crippen MR) is 101 cm³/mol. The van der Waals surface area contributed by atoms with Crippen LogP contribution in [0.2, 0.25) is 0 Å². The third-order valence-electron chi connectivity index (χ3n) is 3.99. The minimum absolute atomic E-state index is 0.127. The van der Waals surface area contributed by atoms with E-state index in [-0.39, 0.29) is 12.3 Å². The third kappa shape index (κ3) is 3.31. The number of carbonyl (C=O) groups is 1. The molecule has 0 spiro atoms. The summed E-state index contributed by atoms with van der Waals surface area (Å²) in [7, 11) is 1.71. The van der Waals surface area contributed by atoms with Crippen LogP contribution in [0.1, 0.15) is 11.4 Å². The van der Waals surface area contributed by atoms with Gasteiger partial charge in [0.25, 0.3) is 0 Å². The molecule has 26 heavy (non-hydrogen) atoms. The Morgan fingerprint density at radius 1 is 1.19 bits per heavy atom. The largest absolute Gasteiger partial charge is 0.326 e. The first-order valence-corrected chi connectivity index (χ1v) is 8.89.